The second-order valence-corrected chi connectivity index (χ2v) is 12.1. The van der Waals surface area contributed by atoms with Crippen LogP contribution in [0.4, 0.5) is 11.4 Å². The molecule has 0 aromatic heterocycles. The van der Waals surface area contributed by atoms with Gasteiger partial charge in [-0.25, -0.2) is 16.8 Å². The number of rotatable bonds is 4. The predicted octanol–water partition coefficient (Wildman–Crippen LogP) is 4.02. The van der Waals surface area contributed by atoms with Gasteiger partial charge >= 0.3 is 0 Å². The van der Waals surface area contributed by atoms with Gasteiger partial charge < -0.3 is 9.47 Å². The first-order valence-electron chi connectivity index (χ1n) is 11.4. The Labute approximate surface area is 209 Å². The van der Waals surface area contributed by atoms with Crippen molar-refractivity contribution >= 4 is 42.2 Å². The molecule has 2 aliphatic heterocycles. The number of ether oxygens (including phenoxy) is 2. The van der Waals surface area contributed by atoms with E-state index in [-0.39, 0.29) is 36.1 Å². The molecule has 0 atom stereocenters. The Morgan fingerprint density at radius 3 is 1.39 bits per heavy atom. The summed E-state index contributed by atoms with van der Waals surface area (Å²) in [5, 5.41) is 0.674. The standard InChI is InChI=1S/C26H22N2O6S2/c29-35(30,27-15-17-33-23-11-3-1-9-21(23)27)25-13-5-8-20-19(25)7-6-14-26(20)36(31,32)28-16-18-34-24-12-4-2-10-22(24)28/h1-14H,15-18H2. The van der Waals surface area contributed by atoms with Gasteiger partial charge in [0.05, 0.1) is 34.3 Å². The Balaban J connectivity index is 1.50. The molecule has 0 saturated heterocycles. The van der Waals surface area contributed by atoms with Crippen molar-refractivity contribution in [1.82, 2.24) is 0 Å². The molecular weight excluding hydrogens is 500 g/mol. The molecule has 184 valence electrons. The summed E-state index contributed by atoms with van der Waals surface area (Å²) in [4.78, 5) is 0.0762. The van der Waals surface area contributed by atoms with Gasteiger partial charge in [0, 0.05) is 10.8 Å². The van der Waals surface area contributed by atoms with Crippen LogP contribution >= 0.6 is 0 Å². The summed E-state index contributed by atoms with van der Waals surface area (Å²) in [6.07, 6.45) is 0. The topological polar surface area (TPSA) is 93.2 Å². The minimum absolute atomic E-state index is 0.0381. The molecular formula is C26H22N2O6S2. The molecule has 0 amide bonds. The van der Waals surface area contributed by atoms with E-state index in [1.54, 1.807) is 72.8 Å². The van der Waals surface area contributed by atoms with E-state index in [1.807, 2.05) is 0 Å². The number of hydrogen-bond donors (Lipinski definition) is 0. The molecule has 4 aromatic rings. The van der Waals surface area contributed by atoms with Crippen LogP contribution in [0.15, 0.2) is 94.7 Å². The molecule has 0 unspecified atom stereocenters. The van der Waals surface area contributed by atoms with E-state index in [2.05, 4.69) is 0 Å². The molecule has 36 heavy (non-hydrogen) atoms. The fourth-order valence-electron chi connectivity index (χ4n) is 4.73. The van der Waals surface area contributed by atoms with E-state index in [9.17, 15) is 16.8 Å². The highest BCUT2D eigenvalue weighted by atomic mass is 32.2. The SMILES string of the molecule is O=S(=O)(c1cccc2c(S(=O)(=O)N3CCOc4ccccc43)cccc12)N1CCOc2ccccc21. The quantitative estimate of drug-likeness (QED) is 0.402. The highest BCUT2D eigenvalue weighted by Gasteiger charge is 2.34. The van der Waals surface area contributed by atoms with Gasteiger partial charge in [0.1, 0.15) is 24.7 Å². The van der Waals surface area contributed by atoms with Gasteiger partial charge in [0.2, 0.25) is 0 Å². The number of para-hydroxylation sites is 4. The lowest BCUT2D eigenvalue weighted by Gasteiger charge is -2.31. The maximum Gasteiger partial charge on any atom is 0.265 e. The molecule has 8 nitrogen and oxygen atoms in total. The third-order valence-corrected chi connectivity index (χ3v) is 10.1. The average Bonchev–Trinajstić information content (AvgIpc) is 2.91. The fourth-order valence-corrected chi connectivity index (χ4v) is 8.06. The summed E-state index contributed by atoms with van der Waals surface area (Å²) >= 11 is 0. The van der Waals surface area contributed by atoms with Crippen molar-refractivity contribution in [3.63, 3.8) is 0 Å². The minimum atomic E-state index is -4.01. The van der Waals surface area contributed by atoms with E-state index >= 15 is 0 Å². The molecule has 0 aliphatic carbocycles. The number of benzene rings is 4. The van der Waals surface area contributed by atoms with Crippen molar-refractivity contribution in [2.24, 2.45) is 0 Å². The Kier molecular flexibility index (Phi) is 5.31. The lowest BCUT2D eigenvalue weighted by Crippen LogP contribution is -2.38. The van der Waals surface area contributed by atoms with Gasteiger partial charge in [0.25, 0.3) is 20.0 Å². The Bertz CT molecular complexity index is 1580. The molecule has 0 radical (unpaired) electrons. The van der Waals surface area contributed by atoms with Gasteiger partial charge in [-0.2, -0.15) is 0 Å². The highest BCUT2D eigenvalue weighted by molar-refractivity contribution is 7.93. The summed E-state index contributed by atoms with van der Waals surface area (Å²) in [5.74, 6) is 0.976. The van der Waals surface area contributed by atoms with Crippen molar-refractivity contribution in [2.75, 3.05) is 34.9 Å². The molecule has 10 heteroatoms. The fraction of sp³-hybridized carbons (Fsp3) is 0.154. The zero-order chi connectivity index (χ0) is 24.9. The van der Waals surface area contributed by atoms with Gasteiger partial charge in [-0.3, -0.25) is 8.61 Å². The van der Waals surface area contributed by atoms with Crippen LogP contribution in [0.25, 0.3) is 10.8 Å². The Hall–Kier alpha value is -3.76. The van der Waals surface area contributed by atoms with Crippen molar-refractivity contribution in [1.29, 1.82) is 0 Å². The molecule has 4 aromatic carbocycles. The number of hydrogen-bond acceptors (Lipinski definition) is 6. The van der Waals surface area contributed by atoms with Gasteiger partial charge in [-0.1, -0.05) is 48.5 Å². The van der Waals surface area contributed by atoms with Crippen molar-refractivity contribution in [2.45, 2.75) is 9.79 Å². The van der Waals surface area contributed by atoms with Crippen LogP contribution in [0.5, 0.6) is 11.5 Å². The largest absolute Gasteiger partial charge is 0.489 e. The van der Waals surface area contributed by atoms with E-state index in [4.69, 9.17) is 9.47 Å². The number of nitrogens with zero attached hydrogens (tertiary/aromatic N) is 2. The zero-order valence-electron chi connectivity index (χ0n) is 19.1. The first-order valence-corrected chi connectivity index (χ1v) is 14.3. The van der Waals surface area contributed by atoms with E-state index < -0.39 is 20.0 Å². The third kappa shape index (κ3) is 3.48. The second-order valence-electron chi connectivity index (χ2n) is 8.39. The Morgan fingerprint density at radius 2 is 0.944 bits per heavy atom. The molecule has 6 rings (SSSR count). The Morgan fingerprint density at radius 1 is 0.528 bits per heavy atom. The predicted molar refractivity (Wildman–Crippen MR) is 137 cm³/mol. The van der Waals surface area contributed by atoms with Crippen molar-refractivity contribution in [3.8, 4) is 11.5 Å². The number of sulfonamides is 2. The average molecular weight is 523 g/mol. The molecule has 0 fully saturated rings. The van der Waals surface area contributed by atoms with E-state index in [1.165, 1.54) is 20.7 Å². The first-order chi connectivity index (χ1) is 17.4. The van der Waals surface area contributed by atoms with Crippen molar-refractivity contribution < 1.29 is 26.3 Å². The number of anilines is 2. The third-order valence-electron chi connectivity index (χ3n) is 6.35. The van der Waals surface area contributed by atoms with Crippen LogP contribution in [0.3, 0.4) is 0 Å². The van der Waals surface area contributed by atoms with Crippen LogP contribution in [-0.2, 0) is 20.0 Å². The molecule has 2 heterocycles. The van der Waals surface area contributed by atoms with Gasteiger partial charge in [0.15, 0.2) is 0 Å². The van der Waals surface area contributed by atoms with Crippen molar-refractivity contribution in [3.05, 3.63) is 84.9 Å². The lowest BCUT2D eigenvalue weighted by molar-refractivity contribution is 0.316. The second kappa shape index (κ2) is 8.42. The molecule has 0 saturated carbocycles. The molecule has 0 bridgehead atoms. The normalized spacial score (nSPS) is 15.6. The van der Waals surface area contributed by atoms with Crippen LogP contribution in [0.1, 0.15) is 0 Å². The highest BCUT2D eigenvalue weighted by Crippen LogP contribution is 2.39. The van der Waals surface area contributed by atoms with E-state index in [0.717, 1.165) is 0 Å². The minimum Gasteiger partial charge on any atom is -0.489 e. The van der Waals surface area contributed by atoms with E-state index in [0.29, 0.717) is 33.6 Å². The summed E-state index contributed by atoms with van der Waals surface area (Å²) in [5.41, 5.74) is 0.906. The summed E-state index contributed by atoms with van der Waals surface area (Å²) in [6, 6.07) is 23.4. The monoisotopic (exact) mass is 522 g/mol. The maximum absolute atomic E-state index is 13.9. The van der Waals surface area contributed by atoms with Crippen LogP contribution in [0.2, 0.25) is 0 Å². The zero-order valence-corrected chi connectivity index (χ0v) is 20.7. The summed E-state index contributed by atoms with van der Waals surface area (Å²) in [7, 11) is -8.03. The van der Waals surface area contributed by atoms with Crippen LogP contribution in [0, 0.1) is 0 Å². The smallest absolute Gasteiger partial charge is 0.265 e. The molecule has 0 N–H and O–H groups in total. The van der Waals surface area contributed by atoms with Crippen LogP contribution in [-0.4, -0.2) is 43.1 Å². The first kappa shape index (κ1) is 22.7. The molecule has 2 aliphatic rings. The van der Waals surface area contributed by atoms with Gasteiger partial charge in [-0.15, -0.1) is 0 Å². The molecule has 0 spiro atoms. The summed E-state index contributed by atoms with van der Waals surface area (Å²) in [6.45, 7) is 0.741. The van der Waals surface area contributed by atoms with Gasteiger partial charge in [-0.05, 0) is 36.4 Å². The summed E-state index contributed by atoms with van der Waals surface area (Å²) < 4.78 is 69.4. The maximum atomic E-state index is 13.9. The number of fused-ring (bicyclic) bond motifs is 3. The lowest BCUT2D eigenvalue weighted by atomic mass is 10.1. The van der Waals surface area contributed by atoms with Crippen LogP contribution < -0.4 is 18.1 Å².